The number of carbonyl (C=O) groups excluding carboxylic acids is 1. The van der Waals surface area contributed by atoms with Gasteiger partial charge in [-0.3, -0.25) is 14.0 Å². The number of nitrogens with zero attached hydrogens (tertiary/aromatic N) is 7. The second kappa shape index (κ2) is 9.12. The van der Waals surface area contributed by atoms with Crippen molar-refractivity contribution in [1.82, 2.24) is 34.5 Å². The number of halogens is 3. The van der Waals surface area contributed by atoms with E-state index in [0.29, 0.717) is 22.7 Å². The highest BCUT2D eigenvalue weighted by atomic mass is 19.4. The first-order valence-corrected chi connectivity index (χ1v) is 11.3. The number of aryl methyl sites for hydroxylation is 1. The Hall–Kier alpha value is -4.61. The van der Waals surface area contributed by atoms with Gasteiger partial charge in [0.25, 0.3) is 0 Å². The topological polar surface area (TPSA) is 103 Å². The summed E-state index contributed by atoms with van der Waals surface area (Å²) < 4.78 is 41.5. The van der Waals surface area contributed by atoms with Crippen LogP contribution in [0.5, 0.6) is 0 Å². The van der Waals surface area contributed by atoms with Gasteiger partial charge in [-0.25, -0.2) is 9.97 Å². The van der Waals surface area contributed by atoms with E-state index in [2.05, 4.69) is 30.6 Å². The molecule has 0 aliphatic rings. The molecule has 0 fully saturated rings. The van der Waals surface area contributed by atoms with Crippen LogP contribution in [-0.2, 0) is 6.54 Å². The highest BCUT2D eigenvalue weighted by Gasteiger charge is 2.30. The number of aromatic nitrogens is 7. The lowest BCUT2D eigenvalue weighted by molar-refractivity contribution is -0.142. The van der Waals surface area contributed by atoms with E-state index in [9.17, 15) is 18.0 Å². The van der Waals surface area contributed by atoms with Gasteiger partial charge in [-0.05, 0) is 63.2 Å². The molecule has 9 nitrogen and oxygen atoms in total. The number of fused-ring (bicyclic) bond motifs is 1. The molecule has 0 amide bonds. The molecule has 0 aliphatic carbocycles. The Labute approximate surface area is 209 Å². The van der Waals surface area contributed by atoms with E-state index < -0.39 is 12.7 Å². The predicted molar refractivity (Wildman–Crippen MR) is 131 cm³/mol. The molecule has 0 bridgehead atoms. The zero-order valence-corrected chi connectivity index (χ0v) is 20.1. The molecule has 0 saturated heterocycles. The van der Waals surface area contributed by atoms with Crippen LogP contribution in [0.25, 0.3) is 28.1 Å². The number of anilines is 2. The fourth-order valence-electron chi connectivity index (χ4n) is 3.97. The molecule has 0 spiro atoms. The number of carbonyl (C=O) groups is 1. The molecule has 5 rings (SSSR count). The highest BCUT2D eigenvalue weighted by molar-refractivity contribution is 6.00. The zero-order valence-electron chi connectivity index (χ0n) is 20.1. The molecule has 0 saturated carbocycles. The third kappa shape index (κ3) is 4.90. The van der Waals surface area contributed by atoms with Crippen LogP contribution in [0.3, 0.4) is 0 Å². The third-order valence-electron chi connectivity index (χ3n) is 5.81. The lowest BCUT2D eigenvalue weighted by Crippen LogP contribution is -2.19. The summed E-state index contributed by atoms with van der Waals surface area (Å²) in [6.45, 7) is 3.53. The summed E-state index contributed by atoms with van der Waals surface area (Å²) in [5, 5.41) is 15.2. The number of benzene rings is 1. The average molecular weight is 506 g/mol. The van der Waals surface area contributed by atoms with Gasteiger partial charge in [0, 0.05) is 22.5 Å². The van der Waals surface area contributed by atoms with Crippen LogP contribution in [0.1, 0.15) is 28.7 Å². The van der Waals surface area contributed by atoms with Crippen molar-refractivity contribution in [2.45, 2.75) is 33.5 Å². The molecule has 12 heteroatoms. The number of hydrogen-bond acceptors (Lipinski definition) is 7. The van der Waals surface area contributed by atoms with Crippen molar-refractivity contribution >= 4 is 28.3 Å². The van der Waals surface area contributed by atoms with Crippen LogP contribution < -0.4 is 5.32 Å². The molecule has 1 aromatic carbocycles. The summed E-state index contributed by atoms with van der Waals surface area (Å²) in [6, 6.07) is 12.5. The van der Waals surface area contributed by atoms with E-state index in [1.54, 1.807) is 23.0 Å². The Morgan fingerprint density at radius 2 is 1.86 bits per heavy atom. The van der Waals surface area contributed by atoms with Gasteiger partial charge in [-0.2, -0.15) is 23.4 Å². The van der Waals surface area contributed by atoms with Crippen molar-refractivity contribution in [2.24, 2.45) is 0 Å². The second-order valence-corrected chi connectivity index (χ2v) is 8.54. The number of Topliss-reactive ketones (excluding diaryl/α,β-unsaturated/α-hetero) is 1. The molecule has 4 aromatic heterocycles. The maximum Gasteiger partial charge on any atom is 0.408 e. The van der Waals surface area contributed by atoms with Crippen molar-refractivity contribution in [2.75, 3.05) is 5.32 Å². The number of nitrogens with one attached hydrogen (secondary N) is 1. The number of rotatable bonds is 6. The van der Waals surface area contributed by atoms with E-state index in [1.807, 2.05) is 37.3 Å². The van der Waals surface area contributed by atoms with Gasteiger partial charge in [-0.1, -0.05) is 0 Å². The summed E-state index contributed by atoms with van der Waals surface area (Å²) in [5.41, 5.74) is 4.16. The quantitative estimate of drug-likeness (QED) is 0.316. The molecule has 0 aliphatic heterocycles. The fourth-order valence-corrected chi connectivity index (χ4v) is 3.97. The predicted octanol–water partition coefficient (Wildman–Crippen LogP) is 5.20. The first-order chi connectivity index (χ1) is 17.6. The van der Waals surface area contributed by atoms with Crippen LogP contribution in [0.15, 0.2) is 55.0 Å². The Morgan fingerprint density at radius 3 is 2.57 bits per heavy atom. The molecule has 5 aromatic rings. The van der Waals surface area contributed by atoms with E-state index in [4.69, 9.17) is 0 Å². The number of pyridine rings is 1. The van der Waals surface area contributed by atoms with Crippen molar-refractivity contribution < 1.29 is 18.0 Å². The number of hydrogen-bond donors (Lipinski definition) is 1. The number of ketones is 1. The van der Waals surface area contributed by atoms with Crippen molar-refractivity contribution in [1.29, 1.82) is 0 Å². The van der Waals surface area contributed by atoms with Gasteiger partial charge in [-0.15, -0.1) is 5.10 Å². The monoisotopic (exact) mass is 506 g/mol. The lowest BCUT2D eigenvalue weighted by Gasteiger charge is -2.12. The molecule has 37 heavy (non-hydrogen) atoms. The summed E-state index contributed by atoms with van der Waals surface area (Å²) in [6.07, 6.45) is -1.53. The molecule has 0 unspecified atom stereocenters. The van der Waals surface area contributed by atoms with E-state index >= 15 is 0 Å². The normalized spacial score (nSPS) is 11.7. The first kappa shape index (κ1) is 24.1. The van der Waals surface area contributed by atoms with Crippen molar-refractivity contribution in [3.63, 3.8) is 0 Å². The standard InChI is InChI=1S/C25H21F3N8O/c1-14-4-8-22(34-33-14)31-17-5-7-21-20(10-17)29-13-35(21)23-9-6-18(16(3)37)24(32-23)19-11-30-36(15(19)2)12-25(26,27)28/h4-11,13H,12H2,1-3H3,(H,31,34). The van der Waals surface area contributed by atoms with Gasteiger partial charge in [0.05, 0.1) is 28.6 Å². The highest BCUT2D eigenvalue weighted by Crippen LogP contribution is 2.30. The molecule has 4 heterocycles. The fraction of sp³-hybridized carbons (Fsp3) is 0.200. The summed E-state index contributed by atoms with van der Waals surface area (Å²) in [5.74, 6) is 0.787. The van der Waals surface area contributed by atoms with Crippen molar-refractivity contribution in [3.8, 4) is 17.1 Å². The van der Waals surface area contributed by atoms with Gasteiger partial charge < -0.3 is 5.32 Å². The van der Waals surface area contributed by atoms with Crippen LogP contribution in [0.4, 0.5) is 24.7 Å². The Bertz CT molecular complexity index is 1620. The van der Waals surface area contributed by atoms with Gasteiger partial charge in [0.1, 0.15) is 18.7 Å². The molecular formula is C25H21F3N8O. The summed E-state index contributed by atoms with van der Waals surface area (Å²) >= 11 is 0. The minimum atomic E-state index is -4.43. The largest absolute Gasteiger partial charge is 0.408 e. The Balaban J connectivity index is 1.53. The van der Waals surface area contributed by atoms with Crippen LogP contribution in [0.2, 0.25) is 0 Å². The molecule has 0 atom stereocenters. The van der Waals surface area contributed by atoms with Crippen molar-refractivity contribution in [3.05, 3.63) is 71.9 Å². The molecule has 0 radical (unpaired) electrons. The maximum atomic E-state index is 13.0. The minimum Gasteiger partial charge on any atom is -0.339 e. The third-order valence-corrected chi connectivity index (χ3v) is 5.81. The SMILES string of the molecule is CC(=O)c1ccc(-n2cnc3cc(Nc4ccc(C)nn4)ccc32)nc1-c1cnn(CC(F)(F)F)c1C. The average Bonchev–Trinajstić information content (AvgIpc) is 3.42. The number of alkyl halides is 3. The second-order valence-electron chi connectivity index (χ2n) is 8.54. The lowest BCUT2D eigenvalue weighted by atomic mass is 10.0. The van der Waals surface area contributed by atoms with E-state index in [1.165, 1.54) is 20.0 Å². The zero-order chi connectivity index (χ0) is 26.3. The van der Waals surface area contributed by atoms with E-state index in [-0.39, 0.29) is 22.7 Å². The molecule has 188 valence electrons. The van der Waals surface area contributed by atoms with Gasteiger partial charge in [0.15, 0.2) is 11.6 Å². The van der Waals surface area contributed by atoms with Gasteiger partial charge >= 0.3 is 6.18 Å². The Morgan fingerprint density at radius 1 is 1.05 bits per heavy atom. The maximum absolute atomic E-state index is 13.0. The Kier molecular flexibility index (Phi) is 5.94. The summed E-state index contributed by atoms with van der Waals surface area (Å²) in [7, 11) is 0. The summed E-state index contributed by atoms with van der Waals surface area (Å²) in [4.78, 5) is 21.5. The van der Waals surface area contributed by atoms with Crippen LogP contribution in [-0.4, -0.2) is 46.5 Å². The molecule has 1 N–H and O–H groups in total. The first-order valence-electron chi connectivity index (χ1n) is 11.3. The van der Waals surface area contributed by atoms with Crippen LogP contribution >= 0.6 is 0 Å². The van der Waals surface area contributed by atoms with Crippen LogP contribution in [0, 0.1) is 13.8 Å². The minimum absolute atomic E-state index is 0.258. The smallest absolute Gasteiger partial charge is 0.339 e. The van der Waals surface area contributed by atoms with Gasteiger partial charge in [0.2, 0.25) is 0 Å². The molecular weight excluding hydrogens is 485 g/mol. The van der Waals surface area contributed by atoms with E-state index in [0.717, 1.165) is 21.6 Å². The number of imidazole rings is 1.